The molecule has 0 radical (unpaired) electrons. The summed E-state index contributed by atoms with van der Waals surface area (Å²) in [5.74, 6) is 1.09. The molecule has 7 nitrogen and oxygen atoms in total. The van der Waals surface area contributed by atoms with Gasteiger partial charge in [-0.3, -0.25) is 4.79 Å². The van der Waals surface area contributed by atoms with Crippen LogP contribution < -0.4 is 10.6 Å². The number of carbonyl (C=O) groups is 1. The van der Waals surface area contributed by atoms with E-state index < -0.39 is 0 Å². The number of carbonyl (C=O) groups excluding carboxylic acids is 1. The first-order valence-corrected chi connectivity index (χ1v) is 8.48. The number of hydrogen-bond acceptors (Lipinski definition) is 5. The zero-order valence-electron chi connectivity index (χ0n) is 14.6. The smallest absolute Gasteiger partial charge is 0.224 e. The van der Waals surface area contributed by atoms with Crippen LogP contribution in [-0.2, 0) is 4.79 Å². The lowest BCUT2D eigenvalue weighted by Gasteiger charge is -2.27. The molecule has 1 atom stereocenters. The van der Waals surface area contributed by atoms with Gasteiger partial charge in [0.2, 0.25) is 5.91 Å². The van der Waals surface area contributed by atoms with Gasteiger partial charge in [0.15, 0.2) is 0 Å². The molecule has 0 bridgehead atoms. The van der Waals surface area contributed by atoms with E-state index in [9.17, 15) is 4.79 Å². The molecule has 1 aromatic carbocycles. The summed E-state index contributed by atoms with van der Waals surface area (Å²) in [4.78, 5) is 12.4. The Hall–Kier alpha value is -1.99. The average Bonchev–Trinajstić information content (AvgIpc) is 3.11. The number of rotatable bonds is 5. The number of aromatic nitrogens is 4. The van der Waals surface area contributed by atoms with Crippen LogP contribution in [0.2, 0.25) is 0 Å². The van der Waals surface area contributed by atoms with Gasteiger partial charge in [0.05, 0.1) is 5.69 Å². The molecule has 1 unspecified atom stereocenters. The lowest BCUT2D eigenvalue weighted by molar-refractivity contribution is -0.117. The lowest BCUT2D eigenvalue weighted by atomic mass is 9.84. The predicted molar refractivity (Wildman–Crippen MR) is 99.1 cm³/mol. The third-order valence-electron chi connectivity index (χ3n) is 4.78. The third kappa shape index (κ3) is 4.99. The number of aryl methyl sites for hydroxylation is 1. The highest BCUT2D eigenvalue weighted by atomic mass is 35.5. The summed E-state index contributed by atoms with van der Waals surface area (Å²) in [5.41, 5.74) is 2.68. The van der Waals surface area contributed by atoms with E-state index in [0.29, 0.717) is 18.3 Å². The Balaban J connectivity index is 0.00000225. The first-order chi connectivity index (χ1) is 11.6. The molecule has 0 saturated carbocycles. The van der Waals surface area contributed by atoms with Crippen LogP contribution in [0.15, 0.2) is 24.5 Å². The van der Waals surface area contributed by atoms with Crippen LogP contribution in [0.5, 0.6) is 0 Å². The van der Waals surface area contributed by atoms with Gasteiger partial charge in [0.1, 0.15) is 6.33 Å². The fourth-order valence-corrected chi connectivity index (χ4v) is 3.29. The maximum absolute atomic E-state index is 12.4. The van der Waals surface area contributed by atoms with E-state index in [4.69, 9.17) is 0 Å². The molecule has 0 aliphatic carbocycles. The number of anilines is 1. The van der Waals surface area contributed by atoms with Crippen molar-refractivity contribution in [3.63, 3.8) is 0 Å². The second kappa shape index (κ2) is 8.92. The maximum Gasteiger partial charge on any atom is 0.224 e. The fraction of sp³-hybridized carbons (Fsp3) is 0.529. The van der Waals surface area contributed by atoms with E-state index in [0.717, 1.165) is 42.9 Å². The summed E-state index contributed by atoms with van der Waals surface area (Å²) in [6, 6.07) is 5.78. The molecule has 1 aromatic heterocycles. The van der Waals surface area contributed by atoms with Gasteiger partial charge in [-0.25, -0.2) is 4.68 Å². The van der Waals surface area contributed by atoms with Crippen LogP contribution in [0, 0.1) is 18.8 Å². The Morgan fingerprint density at radius 2 is 2.16 bits per heavy atom. The highest BCUT2D eigenvalue weighted by Gasteiger charge is 2.22. The number of nitrogens with one attached hydrogen (secondary N) is 2. The summed E-state index contributed by atoms with van der Waals surface area (Å²) < 4.78 is 1.60. The Bertz CT molecular complexity index is 684. The zero-order valence-corrected chi connectivity index (χ0v) is 15.4. The molecule has 8 heteroatoms. The molecule has 2 aromatic rings. The van der Waals surface area contributed by atoms with Crippen LogP contribution in [-0.4, -0.2) is 39.2 Å². The minimum absolute atomic E-state index is 0. The minimum Gasteiger partial charge on any atom is -0.326 e. The number of piperidine rings is 1. The highest BCUT2D eigenvalue weighted by Crippen LogP contribution is 2.25. The first kappa shape index (κ1) is 19.3. The van der Waals surface area contributed by atoms with Gasteiger partial charge in [-0.2, -0.15) is 0 Å². The maximum atomic E-state index is 12.4. The van der Waals surface area contributed by atoms with Crippen LogP contribution in [0.25, 0.3) is 5.69 Å². The van der Waals surface area contributed by atoms with Crippen molar-refractivity contribution in [3.05, 3.63) is 30.1 Å². The van der Waals surface area contributed by atoms with Crippen molar-refractivity contribution in [2.24, 2.45) is 11.8 Å². The van der Waals surface area contributed by atoms with E-state index in [-0.39, 0.29) is 18.3 Å². The van der Waals surface area contributed by atoms with Gasteiger partial charge in [-0.05, 0) is 72.8 Å². The van der Waals surface area contributed by atoms with Crippen LogP contribution in [0.3, 0.4) is 0 Å². The minimum atomic E-state index is 0. The molecule has 2 heterocycles. The molecule has 1 aliphatic rings. The number of tetrazole rings is 1. The second-order valence-corrected chi connectivity index (χ2v) is 6.57. The number of benzene rings is 1. The topological polar surface area (TPSA) is 84.7 Å². The van der Waals surface area contributed by atoms with E-state index in [1.54, 1.807) is 11.0 Å². The van der Waals surface area contributed by atoms with E-state index in [2.05, 4.69) is 33.1 Å². The number of nitrogens with zero attached hydrogens (tertiary/aromatic N) is 4. The lowest BCUT2D eigenvalue weighted by Crippen LogP contribution is -2.32. The monoisotopic (exact) mass is 364 g/mol. The van der Waals surface area contributed by atoms with Gasteiger partial charge < -0.3 is 10.6 Å². The molecule has 3 rings (SSSR count). The van der Waals surface area contributed by atoms with Gasteiger partial charge in [0.25, 0.3) is 0 Å². The first-order valence-electron chi connectivity index (χ1n) is 8.48. The average molecular weight is 365 g/mol. The molecule has 1 saturated heterocycles. The summed E-state index contributed by atoms with van der Waals surface area (Å²) in [6.07, 6.45) is 4.41. The van der Waals surface area contributed by atoms with Crippen molar-refractivity contribution in [1.82, 2.24) is 25.5 Å². The predicted octanol–water partition coefficient (Wildman–Crippen LogP) is 2.36. The van der Waals surface area contributed by atoms with Crippen molar-refractivity contribution < 1.29 is 4.79 Å². The molecular formula is C17H25ClN6O. The van der Waals surface area contributed by atoms with Crippen molar-refractivity contribution >= 4 is 24.0 Å². The molecular weight excluding hydrogens is 340 g/mol. The van der Waals surface area contributed by atoms with Crippen molar-refractivity contribution in [1.29, 1.82) is 0 Å². The summed E-state index contributed by atoms with van der Waals surface area (Å²) in [7, 11) is 0. The van der Waals surface area contributed by atoms with Gasteiger partial charge in [-0.1, -0.05) is 13.0 Å². The van der Waals surface area contributed by atoms with Crippen molar-refractivity contribution in [2.75, 3.05) is 18.4 Å². The van der Waals surface area contributed by atoms with Gasteiger partial charge >= 0.3 is 0 Å². The van der Waals surface area contributed by atoms with Crippen LogP contribution in [0.1, 0.15) is 31.7 Å². The highest BCUT2D eigenvalue weighted by molar-refractivity contribution is 5.91. The van der Waals surface area contributed by atoms with Crippen molar-refractivity contribution in [2.45, 2.75) is 33.1 Å². The van der Waals surface area contributed by atoms with Crippen molar-refractivity contribution in [3.8, 4) is 5.69 Å². The molecule has 0 spiro atoms. The Labute approximate surface area is 154 Å². The third-order valence-corrected chi connectivity index (χ3v) is 4.78. The van der Waals surface area contributed by atoms with E-state index in [1.807, 2.05) is 25.1 Å². The Morgan fingerprint density at radius 1 is 1.40 bits per heavy atom. The van der Waals surface area contributed by atoms with Crippen LogP contribution >= 0.6 is 12.4 Å². The molecule has 2 N–H and O–H groups in total. The van der Waals surface area contributed by atoms with Gasteiger partial charge in [-0.15, -0.1) is 17.5 Å². The van der Waals surface area contributed by atoms with E-state index in [1.165, 1.54) is 0 Å². The summed E-state index contributed by atoms with van der Waals surface area (Å²) >= 11 is 0. The van der Waals surface area contributed by atoms with Crippen LogP contribution in [0.4, 0.5) is 5.69 Å². The Morgan fingerprint density at radius 3 is 2.84 bits per heavy atom. The molecule has 1 amide bonds. The molecule has 1 fully saturated rings. The quantitative estimate of drug-likeness (QED) is 0.850. The summed E-state index contributed by atoms with van der Waals surface area (Å²) in [6.45, 7) is 6.28. The number of hydrogen-bond donors (Lipinski definition) is 2. The largest absolute Gasteiger partial charge is 0.326 e. The van der Waals surface area contributed by atoms with E-state index >= 15 is 0 Å². The molecule has 25 heavy (non-hydrogen) atoms. The molecule has 136 valence electrons. The normalized spacial score (nSPS) is 16.1. The summed E-state index contributed by atoms with van der Waals surface area (Å²) in [5, 5.41) is 17.6. The SMILES string of the molecule is Cc1ccc(NC(=O)CC(C)C2CCNCC2)cc1-n1cnnn1.Cl. The number of amides is 1. The molecule has 1 aliphatic heterocycles. The van der Waals surface area contributed by atoms with Gasteiger partial charge in [0, 0.05) is 12.1 Å². The fourth-order valence-electron chi connectivity index (χ4n) is 3.29. The Kier molecular flexibility index (Phi) is 6.90. The number of halogens is 1. The second-order valence-electron chi connectivity index (χ2n) is 6.57. The zero-order chi connectivity index (χ0) is 16.9. The standard InChI is InChI=1S/C17H24N6O.ClH/c1-12-3-4-15(10-16(12)23-11-19-21-22-23)20-17(24)9-13(2)14-5-7-18-8-6-14;/h3-4,10-11,13-14,18H,5-9H2,1-2H3,(H,20,24);1H.